The quantitative estimate of drug-likeness (QED) is 0.797. The first-order chi connectivity index (χ1) is 8.56. The number of carbonyl (C=O) groups excluding carboxylic acids is 1. The Morgan fingerprint density at radius 3 is 2.61 bits per heavy atom. The summed E-state index contributed by atoms with van der Waals surface area (Å²) in [5.74, 6) is 0.400. The summed E-state index contributed by atoms with van der Waals surface area (Å²) < 4.78 is 0. The summed E-state index contributed by atoms with van der Waals surface area (Å²) in [6, 6.07) is 0.0466. The number of nitrogens with zero attached hydrogens (tertiary/aromatic N) is 2. The maximum atomic E-state index is 11.6. The van der Waals surface area contributed by atoms with Gasteiger partial charge in [-0.1, -0.05) is 25.2 Å². The van der Waals surface area contributed by atoms with Crippen LogP contribution in [0, 0.1) is 0 Å². The lowest BCUT2D eigenvalue weighted by Gasteiger charge is -2.06. The van der Waals surface area contributed by atoms with E-state index in [-0.39, 0.29) is 11.9 Å². The van der Waals surface area contributed by atoms with Gasteiger partial charge in [-0.05, 0) is 26.2 Å². The number of hydrogen-bond donors (Lipinski definition) is 2. The number of carbonyl (C=O) groups is 1. The first-order valence-electron chi connectivity index (χ1n) is 6.45. The molecule has 1 aromatic rings. The van der Waals surface area contributed by atoms with Crippen molar-refractivity contribution in [2.45, 2.75) is 58.4 Å². The highest BCUT2D eigenvalue weighted by atomic mass is 32.1. The van der Waals surface area contributed by atoms with Gasteiger partial charge in [-0.3, -0.25) is 4.79 Å². The van der Waals surface area contributed by atoms with E-state index in [1.807, 2.05) is 6.92 Å². The molecule has 102 valence electrons. The van der Waals surface area contributed by atoms with Crippen molar-refractivity contribution in [1.82, 2.24) is 10.2 Å². The van der Waals surface area contributed by atoms with E-state index >= 15 is 0 Å². The van der Waals surface area contributed by atoms with E-state index in [4.69, 9.17) is 5.73 Å². The molecule has 6 heteroatoms. The molecule has 5 nitrogen and oxygen atoms in total. The van der Waals surface area contributed by atoms with Gasteiger partial charge in [0.05, 0.1) is 0 Å². The smallest absolute Gasteiger partial charge is 0.226 e. The van der Waals surface area contributed by atoms with Gasteiger partial charge in [-0.15, -0.1) is 10.2 Å². The van der Waals surface area contributed by atoms with Crippen LogP contribution in [0.3, 0.4) is 0 Å². The highest BCUT2D eigenvalue weighted by molar-refractivity contribution is 7.15. The number of rotatable bonds is 7. The molecule has 0 saturated heterocycles. The van der Waals surface area contributed by atoms with Crippen LogP contribution in [-0.4, -0.2) is 22.1 Å². The van der Waals surface area contributed by atoms with Gasteiger partial charge in [0, 0.05) is 18.4 Å². The van der Waals surface area contributed by atoms with E-state index in [0.29, 0.717) is 23.9 Å². The first kappa shape index (κ1) is 15.0. The number of hydrogen-bond acceptors (Lipinski definition) is 5. The van der Waals surface area contributed by atoms with Crippen LogP contribution in [0.4, 0.5) is 5.13 Å². The Morgan fingerprint density at radius 1 is 1.39 bits per heavy atom. The predicted octanol–water partition coefficient (Wildman–Crippen LogP) is 2.51. The van der Waals surface area contributed by atoms with Crippen LogP contribution >= 0.6 is 11.3 Å². The van der Waals surface area contributed by atoms with Crippen molar-refractivity contribution in [2.24, 2.45) is 5.73 Å². The van der Waals surface area contributed by atoms with E-state index in [1.54, 1.807) is 0 Å². The Morgan fingerprint density at radius 2 is 2.06 bits per heavy atom. The van der Waals surface area contributed by atoms with Crippen molar-refractivity contribution in [3.63, 3.8) is 0 Å². The zero-order valence-electron chi connectivity index (χ0n) is 11.3. The van der Waals surface area contributed by atoms with Gasteiger partial charge in [-0.25, -0.2) is 0 Å². The molecule has 1 aromatic heterocycles. The Labute approximate surface area is 112 Å². The Balaban J connectivity index is 2.50. The third-order valence-corrected chi connectivity index (χ3v) is 3.85. The molecule has 0 aliphatic rings. The third kappa shape index (κ3) is 4.70. The van der Waals surface area contributed by atoms with E-state index in [1.165, 1.54) is 11.3 Å². The molecule has 3 N–H and O–H groups in total. The van der Waals surface area contributed by atoms with Crippen molar-refractivity contribution in [2.75, 3.05) is 5.32 Å². The van der Waals surface area contributed by atoms with Gasteiger partial charge in [0.2, 0.25) is 11.0 Å². The molecule has 0 saturated carbocycles. The standard InChI is InChI=1S/C12H22N4OS/c1-4-9(5-2)11-15-16-12(18-11)14-10(17)7-6-8(3)13/h8-9H,4-7,13H2,1-3H3,(H,14,16,17). The first-order valence-corrected chi connectivity index (χ1v) is 7.27. The molecule has 1 heterocycles. The van der Waals surface area contributed by atoms with Crippen molar-refractivity contribution in [3.05, 3.63) is 5.01 Å². The highest BCUT2D eigenvalue weighted by Gasteiger charge is 2.14. The second-order valence-electron chi connectivity index (χ2n) is 4.52. The van der Waals surface area contributed by atoms with Crippen LogP contribution in [0.1, 0.15) is 57.4 Å². The minimum absolute atomic E-state index is 0.0421. The summed E-state index contributed by atoms with van der Waals surface area (Å²) in [7, 11) is 0. The minimum atomic E-state index is -0.0421. The monoisotopic (exact) mass is 270 g/mol. The average Bonchev–Trinajstić information content (AvgIpc) is 2.76. The third-order valence-electron chi connectivity index (χ3n) is 2.85. The number of aromatic nitrogens is 2. The van der Waals surface area contributed by atoms with Gasteiger partial charge in [0.25, 0.3) is 0 Å². The van der Waals surface area contributed by atoms with Crippen LogP contribution in [0.25, 0.3) is 0 Å². The largest absolute Gasteiger partial charge is 0.328 e. The van der Waals surface area contributed by atoms with Crippen LogP contribution in [0.15, 0.2) is 0 Å². The van der Waals surface area contributed by atoms with Crippen molar-refractivity contribution >= 4 is 22.4 Å². The molecule has 1 amide bonds. The minimum Gasteiger partial charge on any atom is -0.328 e. The van der Waals surface area contributed by atoms with Gasteiger partial charge in [0.1, 0.15) is 5.01 Å². The molecular formula is C12H22N4OS. The lowest BCUT2D eigenvalue weighted by molar-refractivity contribution is -0.116. The normalized spacial score (nSPS) is 12.7. The molecule has 0 aromatic carbocycles. The molecule has 1 rings (SSSR count). The zero-order chi connectivity index (χ0) is 13.5. The average molecular weight is 270 g/mol. The van der Waals surface area contributed by atoms with Crippen LogP contribution < -0.4 is 11.1 Å². The predicted molar refractivity (Wildman–Crippen MR) is 74.7 cm³/mol. The fourth-order valence-corrected chi connectivity index (χ4v) is 2.65. The van der Waals surface area contributed by atoms with Gasteiger partial charge < -0.3 is 11.1 Å². The van der Waals surface area contributed by atoms with Crippen molar-refractivity contribution in [1.29, 1.82) is 0 Å². The lowest BCUT2D eigenvalue weighted by atomic mass is 10.1. The van der Waals surface area contributed by atoms with Crippen LogP contribution in [-0.2, 0) is 4.79 Å². The summed E-state index contributed by atoms with van der Waals surface area (Å²) in [5, 5.41) is 12.5. The van der Waals surface area contributed by atoms with Crippen molar-refractivity contribution in [3.8, 4) is 0 Å². The molecule has 0 aliphatic heterocycles. The van der Waals surface area contributed by atoms with E-state index in [9.17, 15) is 4.79 Å². The molecule has 1 atom stereocenters. The number of anilines is 1. The second-order valence-corrected chi connectivity index (χ2v) is 5.53. The molecule has 0 spiro atoms. The summed E-state index contributed by atoms with van der Waals surface area (Å²) >= 11 is 1.47. The van der Waals surface area contributed by atoms with Gasteiger partial charge in [0.15, 0.2) is 0 Å². The Kier molecular flexibility index (Phi) is 6.21. The molecule has 0 radical (unpaired) electrons. The van der Waals surface area contributed by atoms with Crippen molar-refractivity contribution < 1.29 is 4.79 Å². The Bertz CT molecular complexity index is 374. The summed E-state index contributed by atoms with van der Waals surface area (Å²) in [6.45, 7) is 6.16. The maximum Gasteiger partial charge on any atom is 0.226 e. The van der Waals surface area contributed by atoms with E-state index in [2.05, 4.69) is 29.4 Å². The Hall–Kier alpha value is -1.01. The van der Waals surface area contributed by atoms with E-state index < -0.39 is 0 Å². The SMILES string of the molecule is CCC(CC)c1nnc(NC(=O)CCC(C)N)s1. The topological polar surface area (TPSA) is 80.9 Å². The number of nitrogens with two attached hydrogens (primary N) is 1. The number of amides is 1. The lowest BCUT2D eigenvalue weighted by Crippen LogP contribution is -2.19. The molecule has 0 bridgehead atoms. The van der Waals surface area contributed by atoms with Crippen LogP contribution in [0.5, 0.6) is 0 Å². The molecule has 0 aliphatic carbocycles. The summed E-state index contributed by atoms with van der Waals surface area (Å²) in [4.78, 5) is 11.6. The molecule has 0 fully saturated rings. The fraction of sp³-hybridized carbons (Fsp3) is 0.750. The molecule has 1 unspecified atom stereocenters. The fourth-order valence-electron chi connectivity index (χ4n) is 1.63. The maximum absolute atomic E-state index is 11.6. The summed E-state index contributed by atoms with van der Waals surface area (Å²) in [5.41, 5.74) is 5.61. The molecule has 18 heavy (non-hydrogen) atoms. The molecular weight excluding hydrogens is 248 g/mol. The van der Waals surface area contributed by atoms with Gasteiger partial charge >= 0.3 is 0 Å². The highest BCUT2D eigenvalue weighted by Crippen LogP contribution is 2.28. The zero-order valence-corrected chi connectivity index (χ0v) is 12.1. The number of nitrogens with one attached hydrogen (secondary N) is 1. The second kappa shape index (κ2) is 7.43. The van der Waals surface area contributed by atoms with Gasteiger partial charge in [-0.2, -0.15) is 0 Å². The van der Waals surface area contributed by atoms with Crippen LogP contribution in [0.2, 0.25) is 0 Å². The summed E-state index contributed by atoms with van der Waals surface area (Å²) in [6.07, 6.45) is 3.20. The van der Waals surface area contributed by atoms with E-state index in [0.717, 1.165) is 17.8 Å².